The van der Waals surface area contributed by atoms with Crippen molar-refractivity contribution in [2.75, 3.05) is 26.1 Å². The number of amides is 2. The van der Waals surface area contributed by atoms with Gasteiger partial charge >= 0.3 is 0 Å². The predicted octanol–water partition coefficient (Wildman–Crippen LogP) is 1.11. The van der Waals surface area contributed by atoms with E-state index in [1.54, 1.807) is 36.0 Å². The van der Waals surface area contributed by atoms with Gasteiger partial charge in [-0.25, -0.2) is 0 Å². The third-order valence-corrected chi connectivity index (χ3v) is 3.42. The van der Waals surface area contributed by atoms with Crippen LogP contribution in [0.1, 0.15) is 16.2 Å². The minimum absolute atomic E-state index is 0.164. The van der Waals surface area contributed by atoms with Crippen LogP contribution in [-0.2, 0) is 11.8 Å². The highest BCUT2D eigenvalue weighted by atomic mass is 16.5. The number of hydrogen-bond acceptors (Lipinski definition) is 5. The molecular formula is C16H20N4O4. The fourth-order valence-corrected chi connectivity index (χ4v) is 2.04. The molecule has 0 fully saturated rings. The Balaban J connectivity index is 1.92. The van der Waals surface area contributed by atoms with Crippen molar-refractivity contribution in [1.82, 2.24) is 15.1 Å². The summed E-state index contributed by atoms with van der Waals surface area (Å²) < 4.78 is 11.9. The first-order valence-corrected chi connectivity index (χ1v) is 7.25. The van der Waals surface area contributed by atoms with Gasteiger partial charge in [-0.05, 0) is 25.1 Å². The molecule has 0 atom stereocenters. The first-order valence-electron chi connectivity index (χ1n) is 7.25. The van der Waals surface area contributed by atoms with Crippen molar-refractivity contribution in [3.8, 4) is 11.5 Å². The summed E-state index contributed by atoms with van der Waals surface area (Å²) in [5.41, 5.74) is 1.67. The molecule has 0 radical (unpaired) electrons. The van der Waals surface area contributed by atoms with E-state index >= 15 is 0 Å². The molecule has 1 heterocycles. The lowest BCUT2D eigenvalue weighted by Crippen LogP contribution is -2.33. The summed E-state index contributed by atoms with van der Waals surface area (Å²) in [7, 11) is 4.79. The molecule has 1 aromatic carbocycles. The van der Waals surface area contributed by atoms with Crippen molar-refractivity contribution in [3.63, 3.8) is 0 Å². The number of aromatic nitrogens is 2. The number of ether oxygens (including phenoxy) is 2. The average Bonchev–Trinajstić information content (AvgIpc) is 2.91. The highest BCUT2D eigenvalue weighted by Gasteiger charge is 2.13. The normalized spacial score (nSPS) is 10.2. The lowest BCUT2D eigenvalue weighted by Gasteiger charge is -2.10. The summed E-state index contributed by atoms with van der Waals surface area (Å²) >= 11 is 0. The first-order chi connectivity index (χ1) is 11.4. The highest BCUT2D eigenvalue weighted by molar-refractivity contribution is 5.98. The molecule has 0 aliphatic rings. The SMILES string of the molecule is COc1ccc(NC(=O)CNC(=O)c2cc(C)n(C)n2)cc1OC. The van der Waals surface area contributed by atoms with Crippen molar-refractivity contribution >= 4 is 17.5 Å². The van der Waals surface area contributed by atoms with Gasteiger partial charge in [0, 0.05) is 24.5 Å². The Hall–Kier alpha value is -3.03. The maximum Gasteiger partial charge on any atom is 0.272 e. The van der Waals surface area contributed by atoms with Gasteiger partial charge in [0.05, 0.1) is 20.8 Å². The van der Waals surface area contributed by atoms with Gasteiger partial charge in [0.1, 0.15) is 5.69 Å². The van der Waals surface area contributed by atoms with Crippen LogP contribution in [0.2, 0.25) is 0 Å². The number of methoxy groups -OCH3 is 2. The number of carbonyl (C=O) groups excluding carboxylic acids is 2. The van der Waals surface area contributed by atoms with Gasteiger partial charge in [-0.15, -0.1) is 0 Å². The van der Waals surface area contributed by atoms with Gasteiger partial charge in [-0.1, -0.05) is 0 Å². The number of aryl methyl sites for hydroxylation is 2. The summed E-state index contributed by atoms with van der Waals surface area (Å²) in [6.45, 7) is 1.68. The summed E-state index contributed by atoms with van der Waals surface area (Å²) in [5.74, 6) is 0.307. The molecule has 0 saturated heterocycles. The third kappa shape index (κ3) is 4.03. The lowest BCUT2D eigenvalue weighted by molar-refractivity contribution is -0.115. The van der Waals surface area contributed by atoms with Crippen molar-refractivity contribution < 1.29 is 19.1 Å². The number of carbonyl (C=O) groups is 2. The summed E-state index contributed by atoms with van der Waals surface area (Å²) in [5, 5.41) is 9.26. The van der Waals surface area contributed by atoms with E-state index in [1.165, 1.54) is 14.2 Å². The van der Waals surface area contributed by atoms with Crippen molar-refractivity contribution in [3.05, 3.63) is 35.7 Å². The van der Waals surface area contributed by atoms with Gasteiger partial charge in [-0.2, -0.15) is 5.10 Å². The van der Waals surface area contributed by atoms with E-state index in [9.17, 15) is 9.59 Å². The Kier molecular flexibility index (Phi) is 5.41. The second-order valence-corrected chi connectivity index (χ2v) is 5.10. The van der Waals surface area contributed by atoms with Crippen LogP contribution >= 0.6 is 0 Å². The smallest absolute Gasteiger partial charge is 0.272 e. The molecule has 2 rings (SSSR count). The minimum atomic E-state index is -0.402. The molecule has 8 heteroatoms. The van der Waals surface area contributed by atoms with Crippen LogP contribution in [0.4, 0.5) is 5.69 Å². The monoisotopic (exact) mass is 332 g/mol. The van der Waals surface area contributed by atoms with Gasteiger partial charge < -0.3 is 20.1 Å². The van der Waals surface area contributed by atoms with Crippen molar-refractivity contribution in [2.45, 2.75) is 6.92 Å². The van der Waals surface area contributed by atoms with E-state index in [0.717, 1.165) is 5.69 Å². The maximum atomic E-state index is 12.0. The van der Waals surface area contributed by atoms with Crippen LogP contribution in [0.15, 0.2) is 24.3 Å². The average molecular weight is 332 g/mol. The number of anilines is 1. The minimum Gasteiger partial charge on any atom is -0.493 e. The summed E-state index contributed by atoms with van der Waals surface area (Å²) in [6, 6.07) is 6.66. The van der Waals surface area contributed by atoms with E-state index < -0.39 is 5.91 Å². The molecule has 0 bridgehead atoms. The van der Waals surface area contributed by atoms with Gasteiger partial charge in [0.25, 0.3) is 5.91 Å². The molecule has 1 aromatic heterocycles. The Bertz CT molecular complexity index is 735. The van der Waals surface area contributed by atoms with E-state index in [4.69, 9.17) is 9.47 Å². The topological polar surface area (TPSA) is 94.5 Å². The number of hydrogen-bond donors (Lipinski definition) is 2. The molecule has 0 unspecified atom stereocenters. The second kappa shape index (κ2) is 7.49. The fraction of sp³-hybridized carbons (Fsp3) is 0.312. The van der Waals surface area contributed by atoms with Crippen LogP contribution in [-0.4, -0.2) is 42.4 Å². The molecule has 8 nitrogen and oxygen atoms in total. The Labute approximate surface area is 139 Å². The number of benzene rings is 1. The van der Waals surface area contributed by atoms with E-state index in [2.05, 4.69) is 15.7 Å². The van der Waals surface area contributed by atoms with Crippen LogP contribution in [0, 0.1) is 6.92 Å². The maximum absolute atomic E-state index is 12.0. The zero-order valence-electron chi connectivity index (χ0n) is 14.0. The Morgan fingerprint density at radius 3 is 2.46 bits per heavy atom. The summed E-state index contributed by atoms with van der Waals surface area (Å²) in [6.07, 6.45) is 0. The van der Waals surface area contributed by atoms with Crippen molar-refractivity contribution in [1.29, 1.82) is 0 Å². The standard InChI is InChI=1S/C16H20N4O4/c1-10-7-12(19-20(10)2)16(22)17-9-15(21)18-11-5-6-13(23-3)14(8-11)24-4/h5-8H,9H2,1-4H3,(H,17,22)(H,18,21). The predicted molar refractivity (Wildman–Crippen MR) is 88.5 cm³/mol. The molecule has 0 aliphatic heterocycles. The van der Waals surface area contributed by atoms with E-state index in [1.807, 2.05) is 6.92 Å². The molecule has 24 heavy (non-hydrogen) atoms. The van der Waals surface area contributed by atoms with Crippen LogP contribution in [0.25, 0.3) is 0 Å². The Morgan fingerprint density at radius 1 is 1.17 bits per heavy atom. The van der Waals surface area contributed by atoms with Crippen LogP contribution < -0.4 is 20.1 Å². The molecule has 0 spiro atoms. The zero-order chi connectivity index (χ0) is 17.7. The van der Waals surface area contributed by atoms with Gasteiger partial charge in [0.15, 0.2) is 11.5 Å². The lowest BCUT2D eigenvalue weighted by atomic mass is 10.2. The summed E-state index contributed by atoms with van der Waals surface area (Å²) in [4.78, 5) is 23.9. The molecule has 2 aromatic rings. The Morgan fingerprint density at radius 2 is 1.88 bits per heavy atom. The molecule has 128 valence electrons. The van der Waals surface area contributed by atoms with Gasteiger partial charge in [-0.3, -0.25) is 14.3 Å². The number of nitrogens with zero attached hydrogens (tertiary/aromatic N) is 2. The van der Waals surface area contributed by atoms with Crippen LogP contribution in [0.3, 0.4) is 0 Å². The quantitative estimate of drug-likeness (QED) is 0.826. The van der Waals surface area contributed by atoms with Crippen molar-refractivity contribution in [2.24, 2.45) is 7.05 Å². The number of nitrogens with one attached hydrogen (secondary N) is 2. The zero-order valence-corrected chi connectivity index (χ0v) is 14.0. The molecular weight excluding hydrogens is 312 g/mol. The highest BCUT2D eigenvalue weighted by Crippen LogP contribution is 2.29. The molecule has 0 aliphatic carbocycles. The van der Waals surface area contributed by atoms with E-state index in [-0.39, 0.29) is 18.1 Å². The fourth-order valence-electron chi connectivity index (χ4n) is 2.04. The molecule has 0 saturated carbocycles. The molecule has 2 N–H and O–H groups in total. The molecule has 2 amide bonds. The van der Waals surface area contributed by atoms with E-state index in [0.29, 0.717) is 17.2 Å². The number of rotatable bonds is 6. The largest absolute Gasteiger partial charge is 0.493 e. The third-order valence-electron chi connectivity index (χ3n) is 3.42. The first kappa shape index (κ1) is 17.3. The van der Waals surface area contributed by atoms with Crippen LogP contribution in [0.5, 0.6) is 11.5 Å². The second-order valence-electron chi connectivity index (χ2n) is 5.10. The van der Waals surface area contributed by atoms with Gasteiger partial charge in [0.2, 0.25) is 5.91 Å².